The second kappa shape index (κ2) is 3.02. The fraction of sp³-hybridized carbons (Fsp3) is 0. The first-order valence-corrected chi connectivity index (χ1v) is 4.73. The summed E-state index contributed by atoms with van der Waals surface area (Å²) < 4.78 is 5.59. The molecule has 2 aromatic rings. The van der Waals surface area contributed by atoms with E-state index in [1.54, 1.807) is 24.3 Å². The molecule has 1 aromatic heterocycles. The molecular formula is C9H6INO2. The van der Waals surface area contributed by atoms with Crippen LogP contribution in [0, 0.1) is 3.57 Å². The maximum atomic E-state index is 11.1. The third-order valence-electron chi connectivity index (χ3n) is 1.71. The van der Waals surface area contributed by atoms with E-state index < -0.39 is 0 Å². The van der Waals surface area contributed by atoms with Crippen LogP contribution in [0.2, 0.25) is 0 Å². The molecule has 1 aromatic carbocycles. The Morgan fingerprint density at radius 2 is 2.08 bits per heavy atom. The summed E-state index contributed by atoms with van der Waals surface area (Å²) in [5, 5.41) is 0.851. The summed E-state index contributed by atoms with van der Waals surface area (Å²) >= 11 is 1.94. The molecule has 0 saturated heterocycles. The molecule has 1 heterocycles. The number of fused-ring (bicyclic) bond motifs is 1. The molecule has 0 spiro atoms. The standard InChI is InChI=1S/C9H6INO2/c10-7-4-5-3-6(11)1-2-8(5)13-9(7)12/h1-4H,11H2. The molecule has 0 fully saturated rings. The summed E-state index contributed by atoms with van der Waals surface area (Å²) in [4.78, 5) is 11.1. The van der Waals surface area contributed by atoms with Gasteiger partial charge < -0.3 is 10.2 Å². The normalized spacial score (nSPS) is 10.5. The SMILES string of the molecule is Nc1ccc2oc(=O)c(I)cc2c1. The van der Waals surface area contributed by atoms with Crippen molar-refractivity contribution in [1.29, 1.82) is 0 Å². The van der Waals surface area contributed by atoms with E-state index in [2.05, 4.69) is 0 Å². The molecule has 2 rings (SSSR count). The van der Waals surface area contributed by atoms with Gasteiger partial charge in [-0.1, -0.05) is 0 Å². The minimum Gasteiger partial charge on any atom is -0.422 e. The van der Waals surface area contributed by atoms with Gasteiger partial charge in [0.25, 0.3) is 0 Å². The van der Waals surface area contributed by atoms with Crippen LogP contribution < -0.4 is 11.4 Å². The predicted octanol–water partition coefficient (Wildman–Crippen LogP) is 1.98. The van der Waals surface area contributed by atoms with Crippen molar-refractivity contribution < 1.29 is 4.42 Å². The molecule has 0 radical (unpaired) electrons. The average molecular weight is 287 g/mol. The number of anilines is 1. The van der Waals surface area contributed by atoms with Crippen molar-refractivity contribution in [3.05, 3.63) is 38.3 Å². The highest BCUT2D eigenvalue weighted by molar-refractivity contribution is 14.1. The number of hydrogen-bond acceptors (Lipinski definition) is 3. The Morgan fingerprint density at radius 3 is 2.85 bits per heavy atom. The summed E-state index contributed by atoms with van der Waals surface area (Å²) in [7, 11) is 0. The number of nitrogens with two attached hydrogens (primary N) is 1. The molecule has 0 atom stereocenters. The van der Waals surface area contributed by atoms with Crippen LogP contribution in [0.15, 0.2) is 33.5 Å². The maximum Gasteiger partial charge on any atom is 0.349 e. The topological polar surface area (TPSA) is 56.2 Å². The molecule has 0 aliphatic rings. The molecule has 66 valence electrons. The van der Waals surface area contributed by atoms with Crippen LogP contribution in [-0.4, -0.2) is 0 Å². The van der Waals surface area contributed by atoms with Gasteiger partial charge in [0.1, 0.15) is 5.58 Å². The summed E-state index contributed by atoms with van der Waals surface area (Å²) in [6.45, 7) is 0. The fourth-order valence-corrected chi connectivity index (χ4v) is 1.56. The maximum absolute atomic E-state index is 11.1. The summed E-state index contributed by atoms with van der Waals surface area (Å²) in [6.07, 6.45) is 0. The first-order valence-electron chi connectivity index (χ1n) is 3.66. The lowest BCUT2D eigenvalue weighted by Crippen LogP contribution is -2.01. The Bertz CT molecular complexity index is 518. The lowest BCUT2D eigenvalue weighted by atomic mass is 10.2. The minimum atomic E-state index is -0.308. The molecule has 4 heteroatoms. The number of rotatable bonds is 0. The monoisotopic (exact) mass is 287 g/mol. The van der Waals surface area contributed by atoms with Crippen molar-refractivity contribution in [2.24, 2.45) is 0 Å². The molecule has 13 heavy (non-hydrogen) atoms. The van der Waals surface area contributed by atoms with E-state index in [9.17, 15) is 4.79 Å². The minimum absolute atomic E-state index is 0.308. The van der Waals surface area contributed by atoms with Crippen LogP contribution >= 0.6 is 22.6 Å². The highest BCUT2D eigenvalue weighted by Crippen LogP contribution is 2.17. The predicted molar refractivity (Wildman–Crippen MR) is 59.6 cm³/mol. The zero-order chi connectivity index (χ0) is 9.42. The third kappa shape index (κ3) is 1.53. The quantitative estimate of drug-likeness (QED) is 0.458. The fourth-order valence-electron chi connectivity index (χ4n) is 1.12. The van der Waals surface area contributed by atoms with Crippen LogP contribution in [0.3, 0.4) is 0 Å². The van der Waals surface area contributed by atoms with E-state index in [1.165, 1.54) is 0 Å². The Hall–Kier alpha value is -1.04. The number of hydrogen-bond donors (Lipinski definition) is 1. The van der Waals surface area contributed by atoms with Gasteiger partial charge in [0.05, 0.1) is 3.57 Å². The van der Waals surface area contributed by atoms with E-state index in [-0.39, 0.29) is 5.63 Å². The highest BCUT2D eigenvalue weighted by Gasteiger charge is 2.01. The lowest BCUT2D eigenvalue weighted by molar-refractivity contribution is 0.556. The molecule has 0 bridgehead atoms. The van der Waals surface area contributed by atoms with Crippen LogP contribution in [-0.2, 0) is 0 Å². The molecule has 0 unspecified atom stereocenters. The van der Waals surface area contributed by atoms with E-state index in [1.807, 2.05) is 22.6 Å². The lowest BCUT2D eigenvalue weighted by Gasteiger charge is -1.97. The first-order chi connectivity index (χ1) is 6.16. The van der Waals surface area contributed by atoms with Gasteiger partial charge in [-0.3, -0.25) is 0 Å². The van der Waals surface area contributed by atoms with Crippen molar-refractivity contribution in [2.75, 3.05) is 5.73 Å². The third-order valence-corrected chi connectivity index (χ3v) is 2.47. The van der Waals surface area contributed by atoms with Gasteiger partial charge in [0.15, 0.2) is 0 Å². The van der Waals surface area contributed by atoms with Gasteiger partial charge >= 0.3 is 5.63 Å². The molecule has 0 amide bonds. The smallest absolute Gasteiger partial charge is 0.349 e. The Labute approximate surface area is 87.7 Å². The van der Waals surface area contributed by atoms with Gasteiger partial charge in [-0.05, 0) is 46.9 Å². The highest BCUT2D eigenvalue weighted by atomic mass is 127. The van der Waals surface area contributed by atoms with Crippen molar-refractivity contribution >= 4 is 39.2 Å². The summed E-state index contributed by atoms with van der Waals surface area (Å²) in [6, 6.07) is 6.94. The van der Waals surface area contributed by atoms with Gasteiger partial charge in [-0.25, -0.2) is 4.79 Å². The van der Waals surface area contributed by atoms with Crippen molar-refractivity contribution in [1.82, 2.24) is 0 Å². The van der Waals surface area contributed by atoms with Crippen molar-refractivity contribution in [3.63, 3.8) is 0 Å². The molecule has 2 N–H and O–H groups in total. The van der Waals surface area contributed by atoms with Gasteiger partial charge in [0, 0.05) is 11.1 Å². The van der Waals surface area contributed by atoms with E-state index in [4.69, 9.17) is 10.2 Å². The Balaban J connectivity index is 2.89. The number of halogens is 1. The second-order valence-corrected chi connectivity index (χ2v) is 3.84. The summed E-state index contributed by atoms with van der Waals surface area (Å²) in [5.74, 6) is 0. The largest absolute Gasteiger partial charge is 0.422 e. The van der Waals surface area contributed by atoms with Crippen LogP contribution in [0.4, 0.5) is 5.69 Å². The van der Waals surface area contributed by atoms with E-state index in [0.29, 0.717) is 14.8 Å². The molecule has 3 nitrogen and oxygen atoms in total. The Kier molecular flexibility index (Phi) is 1.99. The molecule has 0 aliphatic carbocycles. The van der Waals surface area contributed by atoms with Gasteiger partial charge in [0.2, 0.25) is 0 Å². The zero-order valence-electron chi connectivity index (χ0n) is 6.58. The number of nitrogen functional groups attached to an aromatic ring is 1. The van der Waals surface area contributed by atoms with Crippen molar-refractivity contribution in [2.45, 2.75) is 0 Å². The Morgan fingerprint density at radius 1 is 1.31 bits per heavy atom. The van der Waals surface area contributed by atoms with Gasteiger partial charge in [-0.15, -0.1) is 0 Å². The van der Waals surface area contributed by atoms with Crippen LogP contribution in [0.25, 0.3) is 11.0 Å². The second-order valence-electron chi connectivity index (χ2n) is 2.68. The zero-order valence-corrected chi connectivity index (χ0v) is 8.74. The summed E-state index contributed by atoms with van der Waals surface area (Å²) in [5.41, 5.74) is 6.52. The van der Waals surface area contributed by atoms with E-state index >= 15 is 0 Å². The molecule has 0 aliphatic heterocycles. The van der Waals surface area contributed by atoms with E-state index in [0.717, 1.165) is 5.39 Å². The molecule has 0 saturated carbocycles. The average Bonchev–Trinajstić information content (AvgIpc) is 2.08. The van der Waals surface area contributed by atoms with Gasteiger partial charge in [-0.2, -0.15) is 0 Å². The number of benzene rings is 1. The van der Waals surface area contributed by atoms with Crippen LogP contribution in [0.1, 0.15) is 0 Å². The first kappa shape index (κ1) is 8.55. The molecular weight excluding hydrogens is 281 g/mol. The van der Waals surface area contributed by atoms with Crippen LogP contribution in [0.5, 0.6) is 0 Å². The van der Waals surface area contributed by atoms with Crippen molar-refractivity contribution in [3.8, 4) is 0 Å².